The van der Waals surface area contributed by atoms with Crippen molar-refractivity contribution in [1.29, 1.82) is 0 Å². The van der Waals surface area contributed by atoms with Gasteiger partial charge in [-0.25, -0.2) is 0 Å². The molecule has 132 valence electrons. The van der Waals surface area contributed by atoms with E-state index in [1.807, 2.05) is 6.26 Å². The van der Waals surface area contributed by atoms with Crippen LogP contribution in [0.1, 0.15) is 69.8 Å². The minimum atomic E-state index is -1.31. The Bertz CT molecular complexity index is 429. The molecule has 0 unspecified atom stereocenters. The summed E-state index contributed by atoms with van der Waals surface area (Å²) < 4.78 is 5.68. The van der Waals surface area contributed by atoms with Gasteiger partial charge >= 0.3 is 0 Å². The van der Waals surface area contributed by atoms with Crippen LogP contribution in [0.4, 0.5) is 0 Å². The van der Waals surface area contributed by atoms with Crippen LogP contribution < -0.4 is 5.38 Å². The first-order valence-electron chi connectivity index (χ1n) is 9.40. The van der Waals surface area contributed by atoms with Gasteiger partial charge in [-0.1, -0.05) is 76.7 Å². The second kappa shape index (κ2) is 11.7. The number of unbranched alkanes of at least 4 members (excludes halogenated alkanes) is 9. The summed E-state index contributed by atoms with van der Waals surface area (Å²) in [7, 11) is -1.31. The molecule has 1 N–H and O–H groups in total. The number of hydrogen-bond acceptors (Lipinski definition) is 2. The number of allylic oxidation sites excluding steroid dienone is 1. The molecule has 0 aliphatic rings. The van der Waals surface area contributed by atoms with Crippen molar-refractivity contribution >= 4 is 19.5 Å². The minimum absolute atomic E-state index is 0.353. The van der Waals surface area contributed by atoms with E-state index in [9.17, 15) is 0 Å². The van der Waals surface area contributed by atoms with Crippen molar-refractivity contribution in [3.8, 4) is 0 Å². The highest BCUT2D eigenvalue weighted by Crippen LogP contribution is 2.12. The Kier molecular flexibility index (Phi) is 10.3. The largest absolute Gasteiger partial charge is 0.474 e. The Morgan fingerprint density at radius 3 is 2.00 bits per heavy atom. The van der Waals surface area contributed by atoms with E-state index in [1.165, 1.54) is 68.7 Å². The fourth-order valence-electron chi connectivity index (χ4n) is 2.66. The van der Waals surface area contributed by atoms with E-state index in [1.54, 1.807) is 0 Å². The Balaban J connectivity index is 1.99. The average Bonchev–Trinajstić information content (AvgIpc) is 2.97. The predicted octanol–water partition coefficient (Wildman–Crippen LogP) is 5.73. The third-order valence-corrected chi connectivity index (χ3v) is 5.94. The highest BCUT2D eigenvalue weighted by atomic mass is 28.3. The Morgan fingerprint density at radius 1 is 0.913 bits per heavy atom. The summed E-state index contributed by atoms with van der Waals surface area (Å²) in [5.41, 5.74) is 1.21. The van der Waals surface area contributed by atoms with Crippen LogP contribution in [0.5, 0.6) is 0 Å². The fraction of sp³-hybridized carbons (Fsp3) is 0.700. The predicted molar refractivity (Wildman–Crippen MR) is 104 cm³/mol. The summed E-state index contributed by atoms with van der Waals surface area (Å²) in [5.74, 6) is 0. The van der Waals surface area contributed by atoms with E-state index >= 15 is 0 Å². The zero-order valence-corrected chi connectivity index (χ0v) is 16.4. The van der Waals surface area contributed by atoms with Gasteiger partial charge in [0.2, 0.25) is 0 Å². The van der Waals surface area contributed by atoms with Crippen LogP contribution in [0.25, 0.3) is 6.08 Å². The van der Waals surface area contributed by atoms with E-state index < -0.39 is 8.07 Å². The molecule has 0 spiro atoms. The highest BCUT2D eigenvalue weighted by molar-refractivity contribution is 6.87. The quantitative estimate of drug-likeness (QED) is 0.368. The molecule has 1 rings (SSSR count). The van der Waals surface area contributed by atoms with Gasteiger partial charge in [-0.2, -0.15) is 0 Å². The topological polar surface area (TPSA) is 33.4 Å². The molecule has 0 radical (unpaired) electrons. The first-order valence-corrected chi connectivity index (χ1v) is 12.9. The van der Waals surface area contributed by atoms with Gasteiger partial charge in [-0.3, -0.25) is 0 Å². The van der Waals surface area contributed by atoms with Gasteiger partial charge in [0.15, 0.2) is 0 Å². The SMILES string of the molecule is C[Si](C)(C)c1cc(C=CCCCCCCCCCCCO)co1. The molecule has 1 heterocycles. The zero-order valence-electron chi connectivity index (χ0n) is 15.4. The van der Waals surface area contributed by atoms with Crippen molar-refractivity contribution in [3.05, 3.63) is 24.0 Å². The van der Waals surface area contributed by atoms with Crippen LogP contribution in [-0.2, 0) is 0 Å². The van der Waals surface area contributed by atoms with E-state index in [-0.39, 0.29) is 0 Å². The first kappa shape index (κ1) is 20.2. The van der Waals surface area contributed by atoms with Crippen LogP contribution in [0.15, 0.2) is 22.8 Å². The second-order valence-electron chi connectivity index (χ2n) is 7.59. The van der Waals surface area contributed by atoms with Crippen LogP contribution in [0, 0.1) is 0 Å². The van der Waals surface area contributed by atoms with Crippen LogP contribution >= 0.6 is 0 Å². The molecule has 0 saturated heterocycles. The molecular formula is C20H36O2Si. The summed E-state index contributed by atoms with van der Waals surface area (Å²) in [6.07, 6.45) is 19.0. The van der Waals surface area contributed by atoms with Gasteiger partial charge in [-0.15, -0.1) is 0 Å². The molecule has 0 atom stereocenters. The number of aliphatic hydroxyl groups excluding tert-OH is 1. The molecule has 0 fully saturated rings. The maximum atomic E-state index is 8.71. The molecule has 0 amide bonds. The monoisotopic (exact) mass is 336 g/mol. The van der Waals surface area contributed by atoms with Gasteiger partial charge in [-0.05, 0) is 25.3 Å². The van der Waals surface area contributed by atoms with Crippen LogP contribution in [0.3, 0.4) is 0 Å². The van der Waals surface area contributed by atoms with Crippen molar-refractivity contribution in [2.75, 3.05) is 6.61 Å². The zero-order chi connectivity index (χ0) is 17.0. The maximum absolute atomic E-state index is 8.71. The van der Waals surface area contributed by atoms with E-state index in [0.717, 1.165) is 6.42 Å². The lowest BCUT2D eigenvalue weighted by Crippen LogP contribution is -2.36. The molecule has 0 saturated carbocycles. The van der Waals surface area contributed by atoms with Crippen molar-refractivity contribution in [2.24, 2.45) is 0 Å². The van der Waals surface area contributed by atoms with Crippen LogP contribution in [0.2, 0.25) is 19.6 Å². The van der Waals surface area contributed by atoms with Crippen molar-refractivity contribution in [2.45, 2.75) is 83.8 Å². The molecule has 0 bridgehead atoms. The van der Waals surface area contributed by atoms with Crippen molar-refractivity contribution in [1.82, 2.24) is 0 Å². The summed E-state index contributed by atoms with van der Waals surface area (Å²) in [4.78, 5) is 0. The highest BCUT2D eigenvalue weighted by Gasteiger charge is 2.20. The molecule has 0 aliphatic heterocycles. The van der Waals surface area contributed by atoms with Gasteiger partial charge in [0.05, 0.1) is 11.6 Å². The van der Waals surface area contributed by atoms with E-state index in [0.29, 0.717) is 6.61 Å². The number of hydrogen-bond donors (Lipinski definition) is 1. The van der Waals surface area contributed by atoms with Crippen LogP contribution in [-0.4, -0.2) is 19.8 Å². The molecule has 2 nitrogen and oxygen atoms in total. The lowest BCUT2D eigenvalue weighted by atomic mass is 10.1. The first-order chi connectivity index (χ1) is 11.0. The summed E-state index contributed by atoms with van der Waals surface area (Å²) >= 11 is 0. The standard InChI is InChI=1S/C20H36O2Si/c1-23(2,3)20-17-19(18-22-20)15-13-11-9-7-5-4-6-8-10-12-14-16-21/h13,15,17-18,21H,4-12,14,16H2,1-3H3. The smallest absolute Gasteiger partial charge is 0.123 e. The fourth-order valence-corrected chi connectivity index (χ4v) is 3.67. The molecule has 3 heteroatoms. The number of aliphatic hydroxyl groups is 1. The maximum Gasteiger partial charge on any atom is 0.123 e. The van der Waals surface area contributed by atoms with E-state index in [2.05, 4.69) is 37.9 Å². The Labute approximate surface area is 144 Å². The molecule has 23 heavy (non-hydrogen) atoms. The van der Waals surface area contributed by atoms with Gasteiger partial charge in [0.1, 0.15) is 8.07 Å². The van der Waals surface area contributed by atoms with Gasteiger partial charge < -0.3 is 9.52 Å². The number of furan rings is 1. The Morgan fingerprint density at radius 2 is 1.48 bits per heavy atom. The van der Waals surface area contributed by atoms with Crippen molar-refractivity contribution < 1.29 is 9.52 Å². The lowest BCUT2D eigenvalue weighted by Gasteiger charge is -2.10. The molecular weight excluding hydrogens is 300 g/mol. The molecule has 0 aliphatic carbocycles. The van der Waals surface area contributed by atoms with Gasteiger partial charge in [0.25, 0.3) is 0 Å². The van der Waals surface area contributed by atoms with E-state index in [4.69, 9.17) is 9.52 Å². The van der Waals surface area contributed by atoms with Gasteiger partial charge in [0, 0.05) is 12.2 Å². The second-order valence-corrected chi connectivity index (χ2v) is 12.6. The number of rotatable bonds is 13. The normalized spacial score (nSPS) is 12.3. The lowest BCUT2D eigenvalue weighted by molar-refractivity contribution is 0.282. The molecule has 1 aromatic rings. The molecule has 1 aromatic heterocycles. The third kappa shape index (κ3) is 9.82. The average molecular weight is 337 g/mol. The third-order valence-electron chi connectivity index (χ3n) is 4.20. The minimum Gasteiger partial charge on any atom is -0.474 e. The summed E-state index contributed by atoms with van der Waals surface area (Å²) in [5, 5.41) is 9.90. The Hall–Kier alpha value is -0.803. The van der Waals surface area contributed by atoms with Crippen molar-refractivity contribution in [3.63, 3.8) is 0 Å². The summed E-state index contributed by atoms with van der Waals surface area (Å²) in [6, 6.07) is 2.21. The molecule has 0 aromatic carbocycles. The summed E-state index contributed by atoms with van der Waals surface area (Å²) in [6.45, 7) is 7.29.